The fourth-order valence-corrected chi connectivity index (χ4v) is 8.93. The number of hydrogen-bond donors (Lipinski definition) is 0. The Balaban J connectivity index is 1.10. The lowest BCUT2D eigenvalue weighted by Crippen LogP contribution is -2.10. The maximum absolute atomic E-state index is 2.42. The number of fused-ring (bicyclic) bond motifs is 5. The normalized spacial score (nSPS) is 11.4. The van der Waals surface area contributed by atoms with Crippen LogP contribution in [0.4, 0.5) is 17.1 Å². The van der Waals surface area contributed by atoms with Gasteiger partial charge in [-0.1, -0.05) is 176 Å². The lowest BCUT2D eigenvalue weighted by molar-refractivity contribution is 1.18. The van der Waals surface area contributed by atoms with Gasteiger partial charge in [-0.15, -0.1) is 0 Å². The second-order valence-electron chi connectivity index (χ2n) is 14.9. The van der Waals surface area contributed by atoms with Gasteiger partial charge in [0.05, 0.1) is 16.7 Å². The van der Waals surface area contributed by atoms with Crippen LogP contribution in [0.5, 0.6) is 0 Å². The molecule has 0 unspecified atom stereocenters. The van der Waals surface area contributed by atoms with E-state index in [4.69, 9.17) is 0 Å². The Morgan fingerprint density at radius 3 is 1.16 bits per heavy atom. The lowest BCUT2D eigenvalue weighted by Gasteiger charge is -2.27. The summed E-state index contributed by atoms with van der Waals surface area (Å²) in [4.78, 5) is 2.41. The summed E-state index contributed by atoms with van der Waals surface area (Å²) in [5, 5.41) is 7.47. The molecule has 0 radical (unpaired) electrons. The van der Waals surface area contributed by atoms with Gasteiger partial charge in [-0.25, -0.2) is 0 Å². The van der Waals surface area contributed by atoms with Crippen LogP contribution < -0.4 is 4.90 Å². The summed E-state index contributed by atoms with van der Waals surface area (Å²) in [7, 11) is 0. The van der Waals surface area contributed by atoms with Crippen molar-refractivity contribution in [1.82, 2.24) is 4.57 Å². The highest BCUT2D eigenvalue weighted by Crippen LogP contribution is 2.42. The van der Waals surface area contributed by atoms with E-state index in [1.165, 1.54) is 71.2 Å². The van der Waals surface area contributed by atoms with E-state index in [9.17, 15) is 0 Å². The molecule has 0 saturated carbocycles. The van der Waals surface area contributed by atoms with E-state index in [0.29, 0.717) is 0 Å². The van der Waals surface area contributed by atoms with Gasteiger partial charge in [-0.05, 0) is 104 Å². The van der Waals surface area contributed by atoms with E-state index in [2.05, 4.69) is 240 Å². The Labute approximate surface area is 338 Å². The zero-order valence-corrected chi connectivity index (χ0v) is 31.8. The van der Waals surface area contributed by atoms with Crippen molar-refractivity contribution in [1.29, 1.82) is 0 Å². The van der Waals surface area contributed by atoms with Crippen LogP contribution in [0.2, 0.25) is 0 Å². The lowest BCUT2D eigenvalue weighted by atomic mass is 9.96. The van der Waals surface area contributed by atoms with Crippen molar-refractivity contribution in [3.05, 3.63) is 231 Å². The number of rotatable bonds is 7. The van der Waals surface area contributed by atoms with Gasteiger partial charge < -0.3 is 9.47 Å². The Hall–Kier alpha value is -7.68. The van der Waals surface area contributed by atoms with E-state index in [-0.39, 0.29) is 0 Å². The molecule has 0 bridgehead atoms. The highest BCUT2D eigenvalue weighted by Gasteiger charge is 2.19. The zero-order chi connectivity index (χ0) is 38.4. The van der Waals surface area contributed by atoms with Gasteiger partial charge >= 0.3 is 0 Å². The maximum atomic E-state index is 2.42. The molecular weight excluding hydrogens is 701 g/mol. The number of anilines is 3. The Bertz CT molecular complexity index is 3130. The molecule has 2 heteroatoms. The standard InChI is InChI=1S/C56H38N2/c1-3-26-47-39(16-1)18-14-31-49(47)41-20-11-23-44(36-41)57(45-24-12-21-42(37-45)50-32-15-19-40-17-2-4-27-48(40)50)46-25-13-22-43(38-46)51-28-5-8-33-54(51)58-55-34-9-6-29-52(55)53-30-7-10-35-56(53)58/h1-38H. The van der Waals surface area contributed by atoms with Crippen molar-refractivity contribution < 1.29 is 0 Å². The van der Waals surface area contributed by atoms with E-state index in [1.807, 2.05) is 0 Å². The molecule has 0 atom stereocenters. The van der Waals surface area contributed by atoms with Crippen molar-refractivity contribution in [2.24, 2.45) is 0 Å². The van der Waals surface area contributed by atoms with E-state index >= 15 is 0 Å². The van der Waals surface area contributed by atoms with Gasteiger partial charge in [0.1, 0.15) is 0 Å². The monoisotopic (exact) mass is 738 g/mol. The summed E-state index contributed by atoms with van der Waals surface area (Å²) in [6.07, 6.45) is 0. The summed E-state index contributed by atoms with van der Waals surface area (Å²) in [6.45, 7) is 0. The molecule has 10 aromatic carbocycles. The molecule has 1 aromatic heterocycles. The van der Waals surface area contributed by atoms with Crippen LogP contribution in [-0.4, -0.2) is 4.57 Å². The van der Waals surface area contributed by atoms with Crippen LogP contribution in [0.25, 0.3) is 82.4 Å². The molecule has 0 aliphatic carbocycles. The number of hydrogen-bond acceptors (Lipinski definition) is 1. The number of benzene rings is 10. The topological polar surface area (TPSA) is 8.17 Å². The van der Waals surface area contributed by atoms with Crippen LogP contribution >= 0.6 is 0 Å². The average molecular weight is 739 g/mol. The van der Waals surface area contributed by atoms with Crippen LogP contribution in [0.15, 0.2) is 231 Å². The minimum absolute atomic E-state index is 1.08. The fraction of sp³-hybridized carbons (Fsp3) is 0. The van der Waals surface area contributed by atoms with Crippen molar-refractivity contribution in [3.63, 3.8) is 0 Å². The molecule has 2 nitrogen and oxygen atoms in total. The molecular formula is C56H38N2. The Morgan fingerprint density at radius 2 is 0.638 bits per heavy atom. The molecule has 0 N–H and O–H groups in total. The van der Waals surface area contributed by atoms with Gasteiger partial charge in [0, 0.05) is 33.4 Å². The third-order valence-electron chi connectivity index (χ3n) is 11.6. The molecule has 58 heavy (non-hydrogen) atoms. The molecule has 0 saturated heterocycles. The van der Waals surface area contributed by atoms with Crippen molar-refractivity contribution in [3.8, 4) is 39.1 Å². The molecule has 11 aromatic rings. The van der Waals surface area contributed by atoms with E-state index < -0.39 is 0 Å². The zero-order valence-electron chi connectivity index (χ0n) is 31.8. The first-order valence-electron chi connectivity index (χ1n) is 19.9. The van der Waals surface area contributed by atoms with Gasteiger partial charge in [0.25, 0.3) is 0 Å². The first-order valence-corrected chi connectivity index (χ1v) is 19.9. The number of aromatic nitrogens is 1. The fourth-order valence-electron chi connectivity index (χ4n) is 8.93. The first kappa shape index (κ1) is 33.6. The van der Waals surface area contributed by atoms with Gasteiger partial charge in [0.15, 0.2) is 0 Å². The number of para-hydroxylation sites is 3. The smallest absolute Gasteiger partial charge is 0.0541 e. The quantitative estimate of drug-likeness (QED) is 0.158. The predicted molar refractivity (Wildman–Crippen MR) is 247 cm³/mol. The number of nitrogens with zero attached hydrogens (tertiary/aromatic N) is 2. The SMILES string of the molecule is c1cc(-c2ccccc2-n2c3ccccc3c3ccccc32)cc(N(c2cccc(-c3cccc4ccccc34)c2)c2cccc(-c3cccc4ccccc34)c2)c1. The van der Waals surface area contributed by atoms with Gasteiger partial charge in [-0.2, -0.15) is 0 Å². The summed E-state index contributed by atoms with van der Waals surface area (Å²) >= 11 is 0. The minimum Gasteiger partial charge on any atom is -0.310 e. The third kappa shape index (κ3) is 5.74. The molecule has 1 heterocycles. The van der Waals surface area contributed by atoms with E-state index in [1.54, 1.807) is 0 Å². The summed E-state index contributed by atoms with van der Waals surface area (Å²) < 4.78 is 2.42. The van der Waals surface area contributed by atoms with Crippen molar-refractivity contribution >= 4 is 60.4 Å². The van der Waals surface area contributed by atoms with Gasteiger partial charge in [0.2, 0.25) is 0 Å². The predicted octanol–water partition coefficient (Wildman–Crippen LogP) is 15.6. The largest absolute Gasteiger partial charge is 0.310 e. The third-order valence-corrected chi connectivity index (χ3v) is 11.6. The molecule has 272 valence electrons. The molecule has 0 amide bonds. The van der Waals surface area contributed by atoms with Crippen LogP contribution in [0.3, 0.4) is 0 Å². The van der Waals surface area contributed by atoms with E-state index in [0.717, 1.165) is 28.3 Å². The Morgan fingerprint density at radius 1 is 0.276 bits per heavy atom. The second kappa shape index (κ2) is 14.1. The summed E-state index contributed by atoms with van der Waals surface area (Å²) in [5.74, 6) is 0. The van der Waals surface area contributed by atoms with Crippen molar-refractivity contribution in [2.45, 2.75) is 0 Å². The Kier molecular flexibility index (Phi) is 8.19. The molecule has 0 fully saturated rings. The first-order chi connectivity index (χ1) is 28.8. The average Bonchev–Trinajstić information content (AvgIpc) is 3.63. The summed E-state index contributed by atoms with van der Waals surface area (Å²) in [6, 6.07) is 83.8. The summed E-state index contributed by atoms with van der Waals surface area (Å²) in [5.41, 5.74) is 13.9. The maximum Gasteiger partial charge on any atom is 0.0541 e. The molecule has 0 spiro atoms. The van der Waals surface area contributed by atoms with Crippen LogP contribution in [-0.2, 0) is 0 Å². The van der Waals surface area contributed by atoms with Crippen LogP contribution in [0.1, 0.15) is 0 Å². The molecule has 0 aliphatic heterocycles. The highest BCUT2D eigenvalue weighted by molar-refractivity contribution is 6.10. The highest BCUT2D eigenvalue weighted by atomic mass is 15.1. The minimum atomic E-state index is 1.08. The second-order valence-corrected chi connectivity index (χ2v) is 14.9. The molecule has 0 aliphatic rings. The van der Waals surface area contributed by atoms with Gasteiger partial charge in [-0.3, -0.25) is 0 Å². The van der Waals surface area contributed by atoms with Crippen molar-refractivity contribution in [2.75, 3.05) is 4.90 Å². The molecule has 11 rings (SSSR count). The van der Waals surface area contributed by atoms with Crippen LogP contribution in [0, 0.1) is 0 Å².